The molecule has 0 heterocycles. The number of rotatable bonds is 8. The lowest BCUT2D eigenvalue weighted by Crippen LogP contribution is -2.33. The topological polar surface area (TPSA) is 49.4 Å². The molecule has 2 rings (SSSR count). The summed E-state index contributed by atoms with van der Waals surface area (Å²) in [6.07, 6.45) is 0.854. The average molecular weight is 370 g/mol. The Morgan fingerprint density at radius 1 is 1.00 bits per heavy atom. The zero-order chi connectivity index (χ0) is 19.8. The number of hydrogen-bond acceptors (Lipinski definition) is 2. The second-order valence-corrected chi connectivity index (χ2v) is 6.96. The smallest absolute Gasteiger partial charge is 0.226 e. The number of carbonyl (C=O) groups is 2. The van der Waals surface area contributed by atoms with Crippen molar-refractivity contribution in [1.29, 1.82) is 0 Å². The van der Waals surface area contributed by atoms with Crippen molar-refractivity contribution in [3.8, 4) is 0 Å². The van der Waals surface area contributed by atoms with Crippen LogP contribution >= 0.6 is 0 Å². The Kier molecular flexibility index (Phi) is 7.53. The molecule has 0 fully saturated rings. The fraction of sp³-hybridized carbons (Fsp3) is 0.364. The van der Waals surface area contributed by atoms with Gasteiger partial charge in [-0.1, -0.05) is 38.1 Å². The number of carbonyl (C=O) groups excluding carboxylic acids is 2. The Labute approximate surface area is 160 Å². The highest BCUT2D eigenvalue weighted by atomic mass is 19.1. The number of halogens is 1. The minimum absolute atomic E-state index is 0.0776. The summed E-state index contributed by atoms with van der Waals surface area (Å²) in [5.74, 6) is -0.0354. The van der Waals surface area contributed by atoms with Crippen molar-refractivity contribution >= 4 is 17.5 Å². The third-order valence-electron chi connectivity index (χ3n) is 4.50. The molecule has 0 aliphatic carbocycles. The van der Waals surface area contributed by atoms with Gasteiger partial charge < -0.3 is 10.2 Å². The predicted molar refractivity (Wildman–Crippen MR) is 106 cm³/mol. The molecule has 0 atom stereocenters. The first-order valence-electron chi connectivity index (χ1n) is 9.25. The van der Waals surface area contributed by atoms with E-state index in [1.54, 1.807) is 17.0 Å². The molecule has 0 radical (unpaired) electrons. The number of hydrogen-bond donors (Lipinski definition) is 1. The van der Waals surface area contributed by atoms with Gasteiger partial charge in [0, 0.05) is 32.1 Å². The van der Waals surface area contributed by atoms with Crippen molar-refractivity contribution in [2.24, 2.45) is 0 Å². The van der Waals surface area contributed by atoms with E-state index in [-0.39, 0.29) is 24.1 Å². The first-order valence-corrected chi connectivity index (χ1v) is 9.25. The van der Waals surface area contributed by atoms with Crippen molar-refractivity contribution in [3.05, 3.63) is 65.5 Å². The van der Waals surface area contributed by atoms with Gasteiger partial charge in [-0.3, -0.25) is 9.59 Å². The van der Waals surface area contributed by atoms with E-state index in [2.05, 4.69) is 19.2 Å². The molecule has 2 aromatic carbocycles. The first kappa shape index (κ1) is 20.6. The van der Waals surface area contributed by atoms with Crippen molar-refractivity contribution in [1.82, 2.24) is 4.90 Å². The van der Waals surface area contributed by atoms with Gasteiger partial charge in [-0.25, -0.2) is 4.39 Å². The van der Waals surface area contributed by atoms with Crippen LogP contribution in [-0.2, 0) is 16.0 Å². The molecule has 0 aliphatic heterocycles. The molecule has 2 aromatic rings. The van der Waals surface area contributed by atoms with E-state index in [1.165, 1.54) is 24.6 Å². The van der Waals surface area contributed by atoms with E-state index < -0.39 is 0 Å². The highest BCUT2D eigenvalue weighted by Crippen LogP contribution is 2.17. The summed E-state index contributed by atoms with van der Waals surface area (Å²) < 4.78 is 13.0. The zero-order valence-corrected chi connectivity index (χ0v) is 16.2. The molecule has 0 unspecified atom stereocenters. The van der Waals surface area contributed by atoms with Crippen molar-refractivity contribution in [2.45, 2.75) is 39.5 Å². The third kappa shape index (κ3) is 6.85. The van der Waals surface area contributed by atoms with Crippen molar-refractivity contribution < 1.29 is 14.0 Å². The molecular weight excluding hydrogens is 343 g/mol. The van der Waals surface area contributed by atoms with Crippen LogP contribution in [0.3, 0.4) is 0 Å². The van der Waals surface area contributed by atoms with Gasteiger partial charge in [-0.05, 0) is 47.7 Å². The van der Waals surface area contributed by atoms with E-state index in [9.17, 15) is 14.0 Å². The van der Waals surface area contributed by atoms with Crippen LogP contribution in [-0.4, -0.2) is 29.8 Å². The molecule has 2 amide bonds. The summed E-state index contributed by atoms with van der Waals surface area (Å²) >= 11 is 0. The summed E-state index contributed by atoms with van der Waals surface area (Å²) in [5, 5.41) is 2.86. The third-order valence-corrected chi connectivity index (χ3v) is 4.50. The molecule has 1 N–H and O–H groups in total. The molecule has 0 saturated heterocycles. The molecule has 27 heavy (non-hydrogen) atoms. The van der Waals surface area contributed by atoms with Gasteiger partial charge >= 0.3 is 0 Å². The van der Waals surface area contributed by atoms with Crippen LogP contribution in [0.2, 0.25) is 0 Å². The van der Waals surface area contributed by atoms with Gasteiger partial charge in [0.15, 0.2) is 0 Å². The van der Waals surface area contributed by atoms with Crippen LogP contribution in [0, 0.1) is 5.82 Å². The molecule has 0 aliphatic rings. The molecule has 0 aromatic heterocycles. The molecular formula is C22H27FN2O2. The Bertz CT molecular complexity index is 755. The normalized spacial score (nSPS) is 10.7. The van der Waals surface area contributed by atoms with E-state index >= 15 is 0 Å². The maximum absolute atomic E-state index is 13.0. The zero-order valence-electron chi connectivity index (χ0n) is 16.2. The summed E-state index contributed by atoms with van der Waals surface area (Å²) in [4.78, 5) is 25.6. The van der Waals surface area contributed by atoms with E-state index in [0.29, 0.717) is 25.4 Å². The van der Waals surface area contributed by atoms with E-state index in [4.69, 9.17) is 0 Å². The molecule has 0 bridgehead atoms. The second-order valence-electron chi connectivity index (χ2n) is 6.96. The second kappa shape index (κ2) is 9.86. The monoisotopic (exact) mass is 370 g/mol. The predicted octanol–water partition coefficient (Wildman–Crippen LogP) is 4.37. The van der Waals surface area contributed by atoms with E-state index in [1.807, 2.05) is 24.3 Å². The van der Waals surface area contributed by atoms with Crippen LogP contribution in [0.4, 0.5) is 10.1 Å². The van der Waals surface area contributed by atoms with Crippen molar-refractivity contribution in [2.75, 3.05) is 18.4 Å². The lowest BCUT2D eigenvalue weighted by Gasteiger charge is -2.21. The Morgan fingerprint density at radius 3 is 2.19 bits per heavy atom. The van der Waals surface area contributed by atoms with E-state index in [0.717, 1.165) is 11.3 Å². The van der Waals surface area contributed by atoms with Gasteiger partial charge in [-0.2, -0.15) is 0 Å². The Hall–Kier alpha value is -2.69. The molecule has 0 saturated carbocycles. The summed E-state index contributed by atoms with van der Waals surface area (Å²) in [5.41, 5.74) is 2.93. The van der Waals surface area contributed by atoms with Gasteiger partial charge in [-0.15, -0.1) is 0 Å². The number of benzene rings is 2. The average Bonchev–Trinajstić information content (AvgIpc) is 2.63. The molecule has 144 valence electrons. The maximum Gasteiger partial charge on any atom is 0.226 e. The number of nitrogens with one attached hydrogen (secondary N) is 1. The van der Waals surface area contributed by atoms with Crippen LogP contribution in [0.1, 0.15) is 44.2 Å². The van der Waals surface area contributed by atoms with Crippen LogP contribution in [0.15, 0.2) is 48.5 Å². The van der Waals surface area contributed by atoms with Crippen molar-refractivity contribution in [3.63, 3.8) is 0 Å². The Balaban J connectivity index is 1.82. The van der Waals surface area contributed by atoms with Crippen LogP contribution in [0.25, 0.3) is 0 Å². The summed E-state index contributed by atoms with van der Waals surface area (Å²) in [7, 11) is 0. The number of amides is 2. The van der Waals surface area contributed by atoms with Gasteiger partial charge in [0.1, 0.15) is 5.82 Å². The fourth-order valence-electron chi connectivity index (χ4n) is 2.75. The van der Waals surface area contributed by atoms with Gasteiger partial charge in [0.25, 0.3) is 0 Å². The molecule has 4 nitrogen and oxygen atoms in total. The van der Waals surface area contributed by atoms with Gasteiger partial charge in [0.2, 0.25) is 11.8 Å². The Morgan fingerprint density at radius 2 is 1.63 bits per heavy atom. The summed E-state index contributed by atoms with van der Waals surface area (Å²) in [6.45, 7) is 6.59. The summed E-state index contributed by atoms with van der Waals surface area (Å²) in [6, 6.07) is 14.0. The lowest BCUT2D eigenvalue weighted by atomic mass is 10.0. The number of nitrogens with zero attached hydrogens (tertiary/aromatic N) is 1. The number of anilines is 1. The SMILES string of the molecule is CC(=O)N(CCC(=O)Nc1ccc(C(C)C)cc1)CCc1ccc(F)cc1. The lowest BCUT2D eigenvalue weighted by molar-refractivity contribution is -0.129. The minimum Gasteiger partial charge on any atom is -0.342 e. The highest BCUT2D eigenvalue weighted by molar-refractivity contribution is 5.91. The van der Waals surface area contributed by atoms with Crippen LogP contribution in [0.5, 0.6) is 0 Å². The first-order chi connectivity index (χ1) is 12.8. The largest absolute Gasteiger partial charge is 0.342 e. The standard InChI is InChI=1S/C22H27FN2O2/c1-16(2)19-6-10-21(11-7-19)24-22(27)13-15-25(17(3)26)14-12-18-4-8-20(23)9-5-18/h4-11,16H,12-15H2,1-3H3,(H,24,27). The fourth-order valence-corrected chi connectivity index (χ4v) is 2.75. The molecule has 5 heteroatoms. The maximum atomic E-state index is 13.0. The van der Waals surface area contributed by atoms with Gasteiger partial charge in [0.05, 0.1) is 0 Å². The minimum atomic E-state index is -0.278. The molecule has 0 spiro atoms. The highest BCUT2D eigenvalue weighted by Gasteiger charge is 2.12. The van der Waals surface area contributed by atoms with Crippen LogP contribution < -0.4 is 5.32 Å². The quantitative estimate of drug-likeness (QED) is 0.750.